The van der Waals surface area contributed by atoms with E-state index in [1.54, 1.807) is 37.3 Å². The fourth-order valence-electron chi connectivity index (χ4n) is 7.80. The quantitative estimate of drug-likeness (QED) is 0.0853. The van der Waals surface area contributed by atoms with Gasteiger partial charge in [0.1, 0.15) is 49.3 Å². The molecule has 0 saturated carbocycles. The average molecular weight is 871 g/mol. The summed E-state index contributed by atoms with van der Waals surface area (Å²) in [4.78, 5) is 39.4. The number of hydrogen-bond acceptors (Lipinski definition) is 15. The molecule has 1 unspecified atom stereocenters. The SMILES string of the molecule is CCOC(=O)[C@@H](O[C@H]1[C@H](O[C@@H]2[C@@H](OCc3ccccc3)[C@@H](OC)O[C@@H]3COC(c4ccccc4)O[C@@H]23)O[C@H](COC(C)=O)[C@@H](OCc2ccccc2)[C@@H]1OC(C)=O)c1ccccc1. The molecule has 3 aliphatic heterocycles. The standard InChI is InChI=1S/C48H54O15/c1-5-53-45(51)38(34-22-14-8-15-23-34)61-44-41(58-31(3)50)39(55-26-32-18-10-6-11-19-32)36(28-54-30(2)49)60-48(44)63-42-40-37(29-57-46(62-40)35-24-16-9-17-25-35)59-47(52-4)43(42)56-27-33-20-12-7-13-21-33/h6-25,36-44,46-48H,5,26-29H2,1-4H3/t36-,37-,38+,39-,40-,41+,42+,43-,44-,46?,47+,48+/m1/s1. The molecule has 0 N–H and O–H groups in total. The molecule has 4 aromatic carbocycles. The normalized spacial score (nSPS) is 28.5. The minimum Gasteiger partial charge on any atom is -0.464 e. The highest BCUT2D eigenvalue weighted by Gasteiger charge is 2.57. The Kier molecular flexibility index (Phi) is 16.4. The van der Waals surface area contributed by atoms with E-state index in [1.165, 1.54) is 21.0 Å². The molecule has 0 aliphatic carbocycles. The number of fused-ring (bicyclic) bond motifs is 1. The van der Waals surface area contributed by atoms with Crippen molar-refractivity contribution in [1.29, 1.82) is 0 Å². The summed E-state index contributed by atoms with van der Waals surface area (Å²) in [6, 6.07) is 37.1. The summed E-state index contributed by atoms with van der Waals surface area (Å²) in [5.74, 6) is -1.98. The van der Waals surface area contributed by atoms with Crippen molar-refractivity contribution in [3.05, 3.63) is 144 Å². The van der Waals surface area contributed by atoms with Crippen LogP contribution in [0.15, 0.2) is 121 Å². The van der Waals surface area contributed by atoms with E-state index >= 15 is 0 Å². The Morgan fingerprint density at radius 2 is 1.25 bits per heavy atom. The van der Waals surface area contributed by atoms with Crippen LogP contribution in [0.25, 0.3) is 0 Å². The molecule has 0 aromatic heterocycles. The number of hydrogen-bond donors (Lipinski definition) is 0. The third-order valence-corrected chi connectivity index (χ3v) is 10.7. The van der Waals surface area contributed by atoms with Crippen molar-refractivity contribution in [1.82, 2.24) is 0 Å². The van der Waals surface area contributed by atoms with Gasteiger partial charge in [-0.05, 0) is 23.6 Å². The molecular weight excluding hydrogens is 817 g/mol. The number of methoxy groups -OCH3 is 1. The van der Waals surface area contributed by atoms with Gasteiger partial charge in [0, 0.05) is 26.5 Å². The second-order valence-electron chi connectivity index (χ2n) is 15.1. The largest absolute Gasteiger partial charge is 0.464 e. The maximum absolute atomic E-state index is 13.9. The third kappa shape index (κ3) is 11.9. The molecule has 15 heteroatoms. The zero-order valence-electron chi connectivity index (χ0n) is 35.6. The zero-order valence-corrected chi connectivity index (χ0v) is 35.6. The fraction of sp³-hybridized carbons (Fsp3) is 0.438. The minimum atomic E-state index is -1.49. The van der Waals surface area contributed by atoms with Gasteiger partial charge in [-0.25, -0.2) is 4.79 Å². The van der Waals surface area contributed by atoms with E-state index < -0.39 is 91.7 Å². The highest BCUT2D eigenvalue weighted by atomic mass is 16.8. The monoisotopic (exact) mass is 870 g/mol. The average Bonchev–Trinajstić information content (AvgIpc) is 3.30. The van der Waals surface area contributed by atoms with Crippen molar-refractivity contribution in [2.75, 3.05) is 26.9 Å². The van der Waals surface area contributed by atoms with Crippen LogP contribution in [0.5, 0.6) is 0 Å². The van der Waals surface area contributed by atoms with E-state index in [0.29, 0.717) is 5.56 Å². The second-order valence-corrected chi connectivity index (χ2v) is 15.1. The lowest BCUT2D eigenvalue weighted by Gasteiger charge is -2.51. The molecule has 3 saturated heterocycles. The van der Waals surface area contributed by atoms with Crippen LogP contribution in [0.2, 0.25) is 0 Å². The first kappa shape index (κ1) is 45.9. The Bertz CT molecular complexity index is 2020. The summed E-state index contributed by atoms with van der Waals surface area (Å²) in [5, 5.41) is 0. The fourth-order valence-corrected chi connectivity index (χ4v) is 7.80. The van der Waals surface area contributed by atoms with E-state index in [1.807, 2.05) is 91.0 Å². The summed E-state index contributed by atoms with van der Waals surface area (Å²) in [6.07, 6.45) is -13.2. The first-order valence-electron chi connectivity index (χ1n) is 21.0. The van der Waals surface area contributed by atoms with Crippen molar-refractivity contribution >= 4 is 17.9 Å². The van der Waals surface area contributed by atoms with E-state index in [0.717, 1.165) is 16.7 Å². The van der Waals surface area contributed by atoms with Gasteiger partial charge in [-0.15, -0.1) is 0 Å². The predicted molar refractivity (Wildman–Crippen MR) is 222 cm³/mol. The van der Waals surface area contributed by atoms with Crippen molar-refractivity contribution < 1.29 is 71.2 Å². The van der Waals surface area contributed by atoms with Crippen LogP contribution in [-0.2, 0) is 84.4 Å². The van der Waals surface area contributed by atoms with E-state index in [4.69, 9.17) is 56.8 Å². The molecule has 336 valence electrons. The van der Waals surface area contributed by atoms with Gasteiger partial charge in [-0.1, -0.05) is 121 Å². The highest BCUT2D eigenvalue weighted by Crippen LogP contribution is 2.40. The van der Waals surface area contributed by atoms with Gasteiger partial charge in [0.05, 0.1) is 26.4 Å². The van der Waals surface area contributed by atoms with Crippen LogP contribution in [0.1, 0.15) is 55.4 Å². The smallest absolute Gasteiger partial charge is 0.339 e. The molecule has 3 fully saturated rings. The van der Waals surface area contributed by atoms with Crippen LogP contribution in [0.3, 0.4) is 0 Å². The lowest BCUT2D eigenvalue weighted by atomic mass is 9.95. The number of carbonyl (C=O) groups is 3. The second kappa shape index (κ2) is 22.5. The van der Waals surface area contributed by atoms with Gasteiger partial charge in [-0.3, -0.25) is 9.59 Å². The van der Waals surface area contributed by atoms with Crippen molar-refractivity contribution in [2.45, 2.75) is 108 Å². The number of rotatable bonds is 18. The van der Waals surface area contributed by atoms with E-state index in [2.05, 4.69) is 0 Å². The first-order chi connectivity index (χ1) is 30.7. The minimum absolute atomic E-state index is 0.0464. The highest BCUT2D eigenvalue weighted by molar-refractivity contribution is 5.76. The van der Waals surface area contributed by atoms with Crippen LogP contribution in [0.4, 0.5) is 0 Å². The number of carbonyl (C=O) groups excluding carboxylic acids is 3. The van der Waals surface area contributed by atoms with Crippen LogP contribution in [-0.4, -0.2) is 106 Å². The molecule has 0 amide bonds. The van der Waals surface area contributed by atoms with Crippen molar-refractivity contribution in [2.24, 2.45) is 0 Å². The molecule has 0 bridgehead atoms. The molecule has 0 spiro atoms. The molecular formula is C48H54O15. The molecule has 4 aromatic rings. The topological polar surface area (TPSA) is 162 Å². The molecule has 3 heterocycles. The van der Waals surface area contributed by atoms with E-state index in [9.17, 15) is 14.4 Å². The van der Waals surface area contributed by atoms with Crippen LogP contribution in [0, 0.1) is 0 Å². The summed E-state index contributed by atoms with van der Waals surface area (Å²) >= 11 is 0. The van der Waals surface area contributed by atoms with Gasteiger partial charge >= 0.3 is 17.9 Å². The number of ether oxygens (including phenoxy) is 12. The maximum atomic E-state index is 13.9. The van der Waals surface area contributed by atoms with Crippen LogP contribution < -0.4 is 0 Å². The Hall–Kier alpha value is -5.07. The maximum Gasteiger partial charge on any atom is 0.339 e. The van der Waals surface area contributed by atoms with Gasteiger partial charge in [-0.2, -0.15) is 0 Å². The Morgan fingerprint density at radius 3 is 1.84 bits per heavy atom. The molecule has 63 heavy (non-hydrogen) atoms. The van der Waals surface area contributed by atoms with Crippen molar-refractivity contribution in [3.8, 4) is 0 Å². The summed E-state index contributed by atoms with van der Waals surface area (Å²) in [6.45, 7) is 4.21. The lowest BCUT2D eigenvalue weighted by molar-refractivity contribution is -0.398. The lowest BCUT2D eigenvalue weighted by Crippen LogP contribution is -2.67. The molecule has 0 radical (unpaired) electrons. The first-order valence-corrected chi connectivity index (χ1v) is 21.0. The molecule has 12 atom stereocenters. The van der Waals surface area contributed by atoms with Gasteiger partial charge in [0.2, 0.25) is 0 Å². The molecule has 15 nitrogen and oxygen atoms in total. The Balaban J connectivity index is 1.32. The van der Waals surface area contributed by atoms with Crippen molar-refractivity contribution in [3.63, 3.8) is 0 Å². The Labute approximate surface area is 366 Å². The molecule has 3 aliphatic rings. The van der Waals surface area contributed by atoms with Gasteiger partial charge in [0.15, 0.2) is 31.1 Å². The number of benzene rings is 4. The van der Waals surface area contributed by atoms with Gasteiger partial charge < -0.3 is 56.8 Å². The summed E-state index contributed by atoms with van der Waals surface area (Å²) < 4.78 is 76.3. The molecule has 7 rings (SSSR count). The van der Waals surface area contributed by atoms with Crippen LogP contribution >= 0.6 is 0 Å². The van der Waals surface area contributed by atoms with E-state index in [-0.39, 0.29) is 33.0 Å². The third-order valence-electron chi connectivity index (χ3n) is 10.7. The Morgan fingerprint density at radius 1 is 0.651 bits per heavy atom. The summed E-state index contributed by atoms with van der Waals surface area (Å²) in [5.41, 5.74) is 2.88. The summed E-state index contributed by atoms with van der Waals surface area (Å²) in [7, 11) is 1.49. The van der Waals surface area contributed by atoms with Gasteiger partial charge in [0.25, 0.3) is 0 Å². The zero-order chi connectivity index (χ0) is 44.1. The predicted octanol–water partition coefficient (Wildman–Crippen LogP) is 5.94. The number of esters is 3.